The van der Waals surface area contributed by atoms with Gasteiger partial charge in [0.1, 0.15) is 12.1 Å². The van der Waals surface area contributed by atoms with Gasteiger partial charge in [0.15, 0.2) is 0 Å². The summed E-state index contributed by atoms with van der Waals surface area (Å²) < 4.78 is 0. The molecule has 3 N–H and O–H groups in total. The second-order valence-corrected chi connectivity index (χ2v) is 4.39. The minimum atomic E-state index is -1.08. The molecule has 0 radical (unpaired) electrons. The van der Waals surface area contributed by atoms with E-state index in [0.29, 0.717) is 24.1 Å². The van der Waals surface area contributed by atoms with Crippen LogP contribution in [0, 0.1) is 18.3 Å². The highest BCUT2D eigenvalue weighted by Gasteiger charge is 2.19. The topological polar surface area (TPSA) is 102 Å². The normalized spacial score (nSPS) is 11.2. The Kier molecular flexibility index (Phi) is 5.54. The number of aliphatic carboxylic acids is 1. The Morgan fingerprint density at radius 2 is 2.15 bits per heavy atom. The van der Waals surface area contributed by atoms with Crippen LogP contribution in [0.5, 0.6) is 0 Å². The first-order valence-electron chi connectivity index (χ1n) is 6.29. The van der Waals surface area contributed by atoms with E-state index in [2.05, 4.69) is 10.6 Å². The molecule has 1 aromatic carbocycles. The fourth-order valence-corrected chi connectivity index (χ4v) is 1.78. The van der Waals surface area contributed by atoms with Crippen LogP contribution in [0.15, 0.2) is 18.2 Å². The van der Waals surface area contributed by atoms with Crippen LogP contribution in [0.4, 0.5) is 10.5 Å². The van der Waals surface area contributed by atoms with Gasteiger partial charge in [0, 0.05) is 0 Å². The predicted octanol–water partition coefficient (Wildman–Crippen LogP) is 2.24. The summed E-state index contributed by atoms with van der Waals surface area (Å²) in [6, 6.07) is 5.52. The van der Waals surface area contributed by atoms with Crippen molar-refractivity contribution in [1.82, 2.24) is 5.32 Å². The first-order valence-corrected chi connectivity index (χ1v) is 6.29. The number of carboxylic acids is 1. The predicted molar refractivity (Wildman–Crippen MR) is 74.4 cm³/mol. The van der Waals surface area contributed by atoms with Gasteiger partial charge in [0.25, 0.3) is 0 Å². The standard InChI is InChI=1S/C14H17N3O3/c1-3-5-12(13(18)19)17-14(20)16-11-7-4-6-9(2)10(11)8-15/h4,6-7,12H,3,5H2,1-2H3,(H,18,19)(H2,16,17,20)/t12-/m0/s1. The number of urea groups is 1. The van der Waals surface area contributed by atoms with E-state index in [4.69, 9.17) is 10.4 Å². The van der Waals surface area contributed by atoms with Gasteiger partial charge in [-0.1, -0.05) is 25.5 Å². The van der Waals surface area contributed by atoms with Crippen LogP contribution in [0.1, 0.15) is 30.9 Å². The van der Waals surface area contributed by atoms with Crippen LogP contribution in [-0.2, 0) is 4.79 Å². The summed E-state index contributed by atoms with van der Waals surface area (Å²) in [7, 11) is 0. The number of anilines is 1. The van der Waals surface area contributed by atoms with Crippen molar-refractivity contribution in [3.8, 4) is 6.07 Å². The largest absolute Gasteiger partial charge is 0.480 e. The number of amides is 2. The van der Waals surface area contributed by atoms with Crippen LogP contribution in [0.2, 0.25) is 0 Å². The smallest absolute Gasteiger partial charge is 0.326 e. The molecule has 1 rings (SSSR count). The molecule has 0 heterocycles. The maximum absolute atomic E-state index is 11.8. The fraction of sp³-hybridized carbons (Fsp3) is 0.357. The van der Waals surface area contributed by atoms with Crippen molar-refractivity contribution < 1.29 is 14.7 Å². The molecule has 0 spiro atoms. The quantitative estimate of drug-likeness (QED) is 0.766. The van der Waals surface area contributed by atoms with E-state index in [1.807, 2.05) is 13.0 Å². The average Bonchev–Trinajstić information content (AvgIpc) is 2.38. The Bertz CT molecular complexity index is 549. The number of nitriles is 1. The number of benzene rings is 1. The molecule has 6 heteroatoms. The SMILES string of the molecule is CCC[C@H](NC(=O)Nc1cccc(C)c1C#N)C(=O)O. The molecule has 0 aliphatic heterocycles. The number of hydrogen-bond acceptors (Lipinski definition) is 3. The molecule has 0 aliphatic carbocycles. The first-order chi connectivity index (χ1) is 9.49. The van der Waals surface area contributed by atoms with Gasteiger partial charge in [-0.2, -0.15) is 5.26 Å². The van der Waals surface area contributed by atoms with Gasteiger partial charge in [0.05, 0.1) is 11.3 Å². The number of nitrogens with one attached hydrogen (secondary N) is 2. The van der Waals surface area contributed by atoms with Crippen LogP contribution < -0.4 is 10.6 Å². The molecule has 1 atom stereocenters. The second kappa shape index (κ2) is 7.14. The Balaban J connectivity index is 2.79. The molecule has 0 bridgehead atoms. The number of nitrogens with zero attached hydrogens (tertiary/aromatic N) is 1. The highest BCUT2D eigenvalue weighted by Crippen LogP contribution is 2.18. The summed E-state index contributed by atoms with van der Waals surface area (Å²) in [6.07, 6.45) is 0.993. The Hall–Kier alpha value is -2.55. The molecule has 2 amide bonds. The summed E-state index contributed by atoms with van der Waals surface area (Å²) in [5, 5.41) is 22.9. The number of carbonyl (C=O) groups is 2. The molecule has 0 aliphatic rings. The molecular weight excluding hydrogens is 258 g/mol. The Labute approximate surface area is 117 Å². The van der Waals surface area contributed by atoms with Gasteiger partial charge in [0.2, 0.25) is 0 Å². The van der Waals surface area contributed by atoms with Crippen molar-refractivity contribution in [2.75, 3.05) is 5.32 Å². The highest BCUT2D eigenvalue weighted by molar-refractivity contribution is 5.93. The molecule has 0 fully saturated rings. The van der Waals surface area contributed by atoms with Crippen LogP contribution in [0.3, 0.4) is 0 Å². The zero-order valence-corrected chi connectivity index (χ0v) is 11.4. The minimum absolute atomic E-state index is 0.349. The van der Waals surface area contributed by atoms with E-state index >= 15 is 0 Å². The maximum atomic E-state index is 11.8. The van der Waals surface area contributed by atoms with Crippen LogP contribution in [-0.4, -0.2) is 23.1 Å². The van der Waals surface area contributed by atoms with Crippen molar-refractivity contribution in [1.29, 1.82) is 5.26 Å². The lowest BCUT2D eigenvalue weighted by Gasteiger charge is -2.15. The van der Waals surface area contributed by atoms with Crippen LogP contribution >= 0.6 is 0 Å². The zero-order chi connectivity index (χ0) is 15.1. The molecule has 0 saturated carbocycles. The van der Waals surface area contributed by atoms with E-state index in [-0.39, 0.29) is 0 Å². The third kappa shape index (κ3) is 3.99. The summed E-state index contributed by atoms with van der Waals surface area (Å²) in [5.74, 6) is -1.08. The summed E-state index contributed by atoms with van der Waals surface area (Å²) in [6.45, 7) is 3.60. The number of rotatable bonds is 5. The lowest BCUT2D eigenvalue weighted by atomic mass is 10.1. The van der Waals surface area contributed by atoms with Gasteiger partial charge >= 0.3 is 12.0 Å². The molecule has 6 nitrogen and oxygen atoms in total. The van der Waals surface area contributed by atoms with Crippen molar-refractivity contribution in [2.45, 2.75) is 32.7 Å². The summed E-state index contributed by atoms with van der Waals surface area (Å²) >= 11 is 0. The monoisotopic (exact) mass is 275 g/mol. The van der Waals surface area contributed by atoms with E-state index in [1.54, 1.807) is 25.1 Å². The van der Waals surface area contributed by atoms with Gasteiger partial charge in [-0.25, -0.2) is 9.59 Å². The third-order valence-electron chi connectivity index (χ3n) is 2.81. The van der Waals surface area contributed by atoms with E-state index in [1.165, 1.54) is 0 Å². The van der Waals surface area contributed by atoms with E-state index < -0.39 is 18.0 Å². The summed E-state index contributed by atoms with van der Waals surface area (Å²) in [4.78, 5) is 22.7. The number of hydrogen-bond donors (Lipinski definition) is 3. The van der Waals surface area contributed by atoms with Gasteiger partial charge < -0.3 is 15.7 Å². The lowest BCUT2D eigenvalue weighted by Crippen LogP contribution is -2.43. The molecular formula is C14H17N3O3. The van der Waals surface area contributed by atoms with Gasteiger partial charge in [-0.15, -0.1) is 0 Å². The van der Waals surface area contributed by atoms with Crippen molar-refractivity contribution in [3.63, 3.8) is 0 Å². The number of carbonyl (C=O) groups excluding carboxylic acids is 1. The Morgan fingerprint density at radius 3 is 2.70 bits per heavy atom. The van der Waals surface area contributed by atoms with Gasteiger partial charge in [-0.05, 0) is 25.0 Å². The third-order valence-corrected chi connectivity index (χ3v) is 2.81. The molecule has 0 aromatic heterocycles. The zero-order valence-electron chi connectivity index (χ0n) is 11.4. The van der Waals surface area contributed by atoms with E-state index in [0.717, 1.165) is 5.56 Å². The second-order valence-electron chi connectivity index (χ2n) is 4.39. The molecule has 1 aromatic rings. The Morgan fingerprint density at radius 1 is 1.45 bits per heavy atom. The molecule has 106 valence electrons. The molecule has 0 unspecified atom stereocenters. The first kappa shape index (κ1) is 15.5. The van der Waals surface area contributed by atoms with Crippen molar-refractivity contribution in [3.05, 3.63) is 29.3 Å². The van der Waals surface area contributed by atoms with E-state index in [9.17, 15) is 9.59 Å². The average molecular weight is 275 g/mol. The molecule has 0 saturated heterocycles. The highest BCUT2D eigenvalue weighted by atomic mass is 16.4. The van der Waals surface area contributed by atoms with Crippen LogP contribution in [0.25, 0.3) is 0 Å². The van der Waals surface area contributed by atoms with Crippen molar-refractivity contribution >= 4 is 17.7 Å². The van der Waals surface area contributed by atoms with Gasteiger partial charge in [-0.3, -0.25) is 0 Å². The number of aryl methyl sites for hydroxylation is 1. The molecule has 20 heavy (non-hydrogen) atoms. The minimum Gasteiger partial charge on any atom is -0.480 e. The van der Waals surface area contributed by atoms with Crippen molar-refractivity contribution in [2.24, 2.45) is 0 Å². The lowest BCUT2D eigenvalue weighted by molar-refractivity contribution is -0.139. The maximum Gasteiger partial charge on any atom is 0.326 e. The fourth-order valence-electron chi connectivity index (χ4n) is 1.78. The number of carboxylic acid groups (broad SMARTS) is 1. The summed E-state index contributed by atoms with van der Waals surface area (Å²) in [5.41, 5.74) is 1.48.